The zero-order chi connectivity index (χ0) is 84.3. The van der Waals surface area contributed by atoms with Crippen LogP contribution in [0.5, 0.6) is 0 Å². The number of hydrogen-bond donors (Lipinski definition) is 2. The number of ether oxygens (including phenoxy) is 6. The lowest BCUT2D eigenvalue weighted by Gasteiger charge is -2.23. The number of esters is 4. The fourth-order valence-corrected chi connectivity index (χ4v) is 15.8. The normalized spacial score (nSPS) is 13.6. The van der Waals surface area contributed by atoms with Gasteiger partial charge in [-0.1, -0.05) is 336 Å². The lowest BCUT2D eigenvalue weighted by atomic mass is 10.1. The van der Waals surface area contributed by atoms with Gasteiger partial charge in [-0.2, -0.15) is 0 Å². The van der Waals surface area contributed by atoms with Crippen molar-refractivity contribution in [1.82, 2.24) is 10.6 Å². The number of phosphoric acid groups is 2. The number of carbonyl (C=O) groups excluding carboxylic acids is 6. The second-order valence-electron chi connectivity index (χ2n) is 31.5. The monoisotopic (exact) mass is 1680 g/mol. The summed E-state index contributed by atoms with van der Waals surface area (Å²) in [6.45, 7) is 18.3. The van der Waals surface area contributed by atoms with E-state index in [4.69, 9.17) is 55.6 Å². The van der Waals surface area contributed by atoms with Crippen LogP contribution in [0.2, 0.25) is 0 Å². The fraction of sp³-hybridized carbons (Fsp3) is 0.890. The Kier molecular flexibility index (Phi) is 81.5. The van der Waals surface area contributed by atoms with Gasteiger partial charge >= 0.3 is 39.5 Å². The van der Waals surface area contributed by atoms with Gasteiger partial charge in [0.15, 0.2) is 0 Å². The Morgan fingerprint density at radius 1 is 0.278 bits per heavy atom. The molecule has 22 nitrogen and oxygen atoms in total. The van der Waals surface area contributed by atoms with Crippen LogP contribution in [-0.2, 0) is 93.5 Å². The predicted molar refractivity (Wildman–Crippen MR) is 465 cm³/mol. The van der Waals surface area contributed by atoms with Crippen LogP contribution >= 0.6 is 15.6 Å². The molecule has 115 heavy (non-hydrogen) atoms. The van der Waals surface area contributed by atoms with Crippen molar-refractivity contribution in [1.29, 1.82) is 0 Å². The summed E-state index contributed by atoms with van der Waals surface area (Å²) in [7, 11) is -8.78. The Hall–Kier alpha value is -3.56. The van der Waals surface area contributed by atoms with Crippen LogP contribution in [0.3, 0.4) is 0 Å². The molecule has 0 heterocycles. The van der Waals surface area contributed by atoms with Crippen LogP contribution in [-0.4, -0.2) is 139 Å². The molecule has 6 atom stereocenters. The molecule has 0 saturated carbocycles. The molecule has 4 unspecified atom stereocenters. The first-order valence-electron chi connectivity index (χ1n) is 46.8. The molecule has 2 N–H and O–H groups in total. The Morgan fingerprint density at radius 3 is 0.765 bits per heavy atom. The van der Waals surface area contributed by atoms with Gasteiger partial charge in [-0.25, -0.2) is 9.13 Å². The summed E-state index contributed by atoms with van der Waals surface area (Å²) in [4.78, 5) is 79.1. The molecule has 0 fully saturated rings. The molecule has 0 bridgehead atoms. The summed E-state index contributed by atoms with van der Waals surface area (Å²) in [5.74, 6) is -2.71. The van der Waals surface area contributed by atoms with E-state index in [1.807, 2.05) is 0 Å². The second-order valence-corrected chi connectivity index (χ2v) is 34.8. The van der Waals surface area contributed by atoms with E-state index >= 15 is 0 Å². The minimum Gasteiger partial charge on any atom is -0.462 e. The first-order chi connectivity index (χ1) is 56.0. The first kappa shape index (κ1) is 111. The molecule has 0 aliphatic carbocycles. The third-order valence-electron chi connectivity index (χ3n) is 20.4. The van der Waals surface area contributed by atoms with E-state index in [-0.39, 0.29) is 103 Å². The van der Waals surface area contributed by atoms with E-state index in [1.165, 1.54) is 179 Å². The average Bonchev–Trinajstić information content (AvgIpc) is 0.888. The topological polar surface area (TPSA) is 271 Å². The number of carbonyl (C=O) groups is 6. The second kappa shape index (κ2) is 84.1. The summed E-state index contributed by atoms with van der Waals surface area (Å²) >= 11 is 0. The van der Waals surface area contributed by atoms with Crippen molar-refractivity contribution in [3.63, 3.8) is 0 Å². The third kappa shape index (κ3) is 76.3. The molecule has 24 heteroatoms. The highest BCUT2D eigenvalue weighted by atomic mass is 31.2. The summed E-state index contributed by atoms with van der Waals surface area (Å²) in [6.07, 6.45) is 59.0. The maximum Gasteiger partial charge on any atom is 0.475 e. The van der Waals surface area contributed by atoms with Crippen LogP contribution in [0.4, 0.5) is 0 Å². The minimum atomic E-state index is -4.39. The van der Waals surface area contributed by atoms with Crippen molar-refractivity contribution in [2.75, 3.05) is 79.2 Å². The van der Waals surface area contributed by atoms with Gasteiger partial charge in [0, 0.05) is 51.6 Å². The van der Waals surface area contributed by atoms with Crippen LogP contribution in [0, 0.1) is 0 Å². The molecular weight excluding hydrogens is 1500 g/mol. The van der Waals surface area contributed by atoms with Gasteiger partial charge < -0.3 is 39.1 Å². The van der Waals surface area contributed by atoms with E-state index in [9.17, 15) is 37.9 Å². The van der Waals surface area contributed by atoms with Crippen LogP contribution in [0.25, 0.3) is 0 Å². The Labute approximate surface area is 701 Å². The van der Waals surface area contributed by atoms with Gasteiger partial charge in [0.2, 0.25) is 11.8 Å². The smallest absolute Gasteiger partial charge is 0.462 e. The van der Waals surface area contributed by atoms with Crippen LogP contribution in [0.15, 0.2) is 25.3 Å². The number of phosphoric ester groups is 2. The summed E-state index contributed by atoms with van der Waals surface area (Å²) in [6, 6.07) is 0. The van der Waals surface area contributed by atoms with Crippen molar-refractivity contribution in [3.05, 3.63) is 25.3 Å². The predicted octanol–water partition coefficient (Wildman–Crippen LogP) is 24.7. The lowest BCUT2D eigenvalue weighted by Crippen LogP contribution is -2.34. The molecule has 0 aromatic rings. The summed E-state index contributed by atoms with van der Waals surface area (Å²) < 4.78 is 98.3. The van der Waals surface area contributed by atoms with E-state index < -0.39 is 71.2 Å². The largest absolute Gasteiger partial charge is 0.475 e. The molecule has 0 aromatic heterocycles. The van der Waals surface area contributed by atoms with Gasteiger partial charge in [0.05, 0.1) is 66.1 Å². The van der Waals surface area contributed by atoms with Crippen LogP contribution < -0.4 is 10.6 Å². The molecule has 0 saturated heterocycles. The molecule has 2 amide bonds. The van der Waals surface area contributed by atoms with Gasteiger partial charge in [-0.05, 0) is 51.4 Å². The number of nitrogens with one attached hydrogen (secondary N) is 2. The highest BCUT2D eigenvalue weighted by Crippen LogP contribution is 2.50. The zero-order valence-corrected chi connectivity index (χ0v) is 75.9. The van der Waals surface area contributed by atoms with Gasteiger partial charge in [-0.15, -0.1) is 13.2 Å². The third-order valence-corrected chi connectivity index (χ3v) is 23.2. The van der Waals surface area contributed by atoms with Gasteiger partial charge in [0.25, 0.3) is 0 Å². The molecule has 0 aliphatic heterocycles. The summed E-state index contributed by atoms with van der Waals surface area (Å²) in [5, 5.41) is 5.12. The minimum absolute atomic E-state index is 0.112. The van der Waals surface area contributed by atoms with E-state index in [0.29, 0.717) is 51.4 Å². The number of amides is 2. The molecule has 0 rings (SSSR count). The van der Waals surface area contributed by atoms with Crippen molar-refractivity contribution >= 4 is 51.3 Å². The van der Waals surface area contributed by atoms with E-state index in [2.05, 4.69) is 65.3 Å². The van der Waals surface area contributed by atoms with E-state index in [1.54, 1.807) is 0 Å². The zero-order valence-electron chi connectivity index (χ0n) is 74.1. The maximum absolute atomic E-state index is 14.1. The molecule has 0 aromatic carbocycles. The molecular formula is C91H172N2O20P2. The molecule has 0 radical (unpaired) electrons. The number of hydrogen-bond acceptors (Lipinski definition) is 20. The number of unbranched alkanes of at least 4 members (excludes halogenated alkanes) is 44. The maximum atomic E-state index is 14.1. The highest BCUT2D eigenvalue weighted by Gasteiger charge is 2.32. The van der Waals surface area contributed by atoms with Crippen molar-refractivity contribution in [2.45, 2.75) is 445 Å². The Morgan fingerprint density at radius 2 is 0.513 bits per heavy atom. The quantitative estimate of drug-likeness (QED) is 0.0143. The van der Waals surface area contributed by atoms with Gasteiger partial charge in [0.1, 0.15) is 30.8 Å². The summed E-state index contributed by atoms with van der Waals surface area (Å²) in [5.41, 5.74) is 0. The molecule has 0 aliphatic rings. The standard InChI is InChI=1S/C91H172N2O20P2/c1-9-17-23-29-33-37-39-43-47-53-59-65-90(98)112-84(78-102-73-67-82(61-55-49-27-21-13-5)110-88(96)63-57-51-45-41-35-31-25-19-11-3)80-108-114(100,104-71-15-7)106-75-69-92-86(94)77-87(95)93-70-76-107-115(101,105-72-16-8)109-81-85(113-91(99)66-60-54-48-44-40-38-34-30-24-18-10-2)79-103-74-68-83(62-56-50-28-22-14-6)111-89(97)64-58-52-46-42-36-32-26-20-12-4/h15-16,82-85H,7-14,17-81H2,1-6H3,(H,92,94)(H,93,95)/t82-,83+,84?,85?,114?,115?. The van der Waals surface area contributed by atoms with Crippen molar-refractivity contribution in [2.24, 2.45) is 0 Å². The first-order valence-corrected chi connectivity index (χ1v) is 49.7. The van der Waals surface area contributed by atoms with E-state index in [0.717, 1.165) is 141 Å². The van der Waals surface area contributed by atoms with Crippen molar-refractivity contribution < 1.29 is 93.5 Å². The van der Waals surface area contributed by atoms with Gasteiger partial charge in [-0.3, -0.25) is 55.9 Å². The van der Waals surface area contributed by atoms with Crippen LogP contribution in [0.1, 0.15) is 420 Å². The lowest BCUT2D eigenvalue weighted by molar-refractivity contribution is -0.156. The highest BCUT2D eigenvalue weighted by molar-refractivity contribution is 7.48. The average molecular weight is 1680 g/mol. The fourth-order valence-electron chi connectivity index (χ4n) is 13.4. The molecule has 0 spiro atoms. The Bertz CT molecular complexity index is 2230. The Balaban J connectivity index is 5.92. The SMILES string of the molecule is C=CCOP(=O)(OCCNC(=O)CC(=O)NCCOP(=O)(OCC=C)OCC(COCC[C@H](CCCCCCC)OC(=O)CCCCCCCCCCC)OC(=O)CCCCCCCCCCCCC)OCC(COCC[C@@H](CCCCCCC)OC(=O)CCCCCCCCCCC)OC(=O)CCCCCCCCCCCCC. The number of rotatable bonds is 92. The molecule has 676 valence electrons. The van der Waals surface area contributed by atoms with Crippen molar-refractivity contribution in [3.8, 4) is 0 Å².